The number of hydrogen-bond acceptors (Lipinski definition) is 3. The number of amides is 1. The number of thiophene rings is 1. The lowest BCUT2D eigenvalue weighted by Crippen LogP contribution is -2.57. The average molecular weight is 296 g/mol. The maximum atomic E-state index is 12.4. The minimum absolute atomic E-state index is 0.0263. The van der Waals surface area contributed by atoms with E-state index in [0.29, 0.717) is 4.99 Å². The first kappa shape index (κ1) is 14.5. The van der Waals surface area contributed by atoms with Gasteiger partial charge in [0.1, 0.15) is 0 Å². The molecule has 1 saturated carbocycles. The second kappa shape index (κ2) is 6.01. The fraction of sp³-hybridized carbons (Fsp3) is 0.571. The van der Waals surface area contributed by atoms with Gasteiger partial charge in [0.25, 0.3) is 5.91 Å². The van der Waals surface area contributed by atoms with Crippen molar-refractivity contribution in [3.8, 4) is 0 Å². The summed E-state index contributed by atoms with van der Waals surface area (Å²) in [6.07, 6.45) is 5.93. The van der Waals surface area contributed by atoms with Crippen molar-refractivity contribution in [3.05, 3.63) is 21.9 Å². The molecule has 1 aromatic rings. The molecule has 1 aliphatic carbocycles. The molecule has 1 amide bonds. The van der Waals surface area contributed by atoms with Gasteiger partial charge in [0.15, 0.2) is 0 Å². The van der Waals surface area contributed by atoms with Gasteiger partial charge in [-0.05, 0) is 36.3 Å². The van der Waals surface area contributed by atoms with Crippen molar-refractivity contribution in [2.45, 2.75) is 51.0 Å². The largest absolute Gasteiger partial charge is 0.391 e. The molecule has 104 valence electrons. The molecule has 1 heterocycles. The fourth-order valence-electron chi connectivity index (χ4n) is 2.68. The van der Waals surface area contributed by atoms with E-state index in [9.17, 15) is 4.79 Å². The number of nitrogens with one attached hydrogen (secondary N) is 1. The van der Waals surface area contributed by atoms with Crippen molar-refractivity contribution in [3.63, 3.8) is 0 Å². The van der Waals surface area contributed by atoms with Crippen LogP contribution < -0.4 is 11.1 Å². The molecule has 0 atom stereocenters. The highest BCUT2D eigenvalue weighted by Gasteiger charge is 2.37. The molecule has 0 aliphatic heterocycles. The highest BCUT2D eigenvalue weighted by atomic mass is 32.1. The van der Waals surface area contributed by atoms with Crippen LogP contribution in [0.1, 0.15) is 54.3 Å². The number of nitrogens with two attached hydrogens (primary N) is 1. The molecular weight excluding hydrogens is 276 g/mol. The van der Waals surface area contributed by atoms with Crippen molar-refractivity contribution in [1.82, 2.24) is 5.32 Å². The quantitative estimate of drug-likeness (QED) is 0.840. The molecule has 1 aromatic heterocycles. The molecule has 0 saturated heterocycles. The van der Waals surface area contributed by atoms with Crippen LogP contribution in [0.25, 0.3) is 0 Å². The maximum Gasteiger partial charge on any atom is 0.262 e. The van der Waals surface area contributed by atoms with E-state index in [2.05, 4.69) is 12.2 Å². The predicted molar refractivity (Wildman–Crippen MR) is 83.8 cm³/mol. The summed E-state index contributed by atoms with van der Waals surface area (Å²) in [4.78, 5) is 13.7. The molecular formula is C14H20N2OS2. The van der Waals surface area contributed by atoms with Gasteiger partial charge in [-0.3, -0.25) is 4.79 Å². The van der Waals surface area contributed by atoms with Gasteiger partial charge in [0, 0.05) is 0 Å². The molecule has 0 radical (unpaired) electrons. The van der Waals surface area contributed by atoms with Crippen LogP contribution in [0.5, 0.6) is 0 Å². The molecule has 2 rings (SSSR count). The number of hydrogen-bond donors (Lipinski definition) is 2. The van der Waals surface area contributed by atoms with E-state index in [4.69, 9.17) is 18.0 Å². The Balaban J connectivity index is 2.18. The van der Waals surface area contributed by atoms with Crippen molar-refractivity contribution >= 4 is 34.5 Å². The van der Waals surface area contributed by atoms with Gasteiger partial charge in [-0.15, -0.1) is 11.3 Å². The Labute approximate surface area is 123 Å². The van der Waals surface area contributed by atoms with E-state index in [0.717, 1.165) is 42.5 Å². The highest BCUT2D eigenvalue weighted by molar-refractivity contribution is 7.80. The zero-order valence-electron chi connectivity index (χ0n) is 11.2. The second-order valence-electron chi connectivity index (χ2n) is 5.09. The molecule has 0 bridgehead atoms. The monoisotopic (exact) mass is 296 g/mol. The summed E-state index contributed by atoms with van der Waals surface area (Å²) in [5.41, 5.74) is 6.52. The van der Waals surface area contributed by atoms with E-state index >= 15 is 0 Å². The van der Waals surface area contributed by atoms with Crippen molar-refractivity contribution in [2.24, 2.45) is 5.73 Å². The zero-order valence-corrected chi connectivity index (χ0v) is 12.8. The molecule has 3 nitrogen and oxygen atoms in total. The molecule has 0 aromatic carbocycles. The van der Waals surface area contributed by atoms with Crippen LogP contribution in [0.4, 0.5) is 0 Å². The van der Waals surface area contributed by atoms with Gasteiger partial charge < -0.3 is 11.1 Å². The van der Waals surface area contributed by atoms with Crippen LogP contribution in [-0.2, 0) is 6.42 Å². The van der Waals surface area contributed by atoms with Crippen molar-refractivity contribution in [2.75, 3.05) is 0 Å². The summed E-state index contributed by atoms with van der Waals surface area (Å²) in [6.45, 7) is 2.06. The van der Waals surface area contributed by atoms with Crippen molar-refractivity contribution in [1.29, 1.82) is 0 Å². The van der Waals surface area contributed by atoms with Gasteiger partial charge >= 0.3 is 0 Å². The number of carbonyl (C=O) groups excluding carboxylic acids is 1. The Morgan fingerprint density at radius 2 is 2.16 bits per heavy atom. The lowest BCUT2D eigenvalue weighted by molar-refractivity contribution is 0.0912. The molecule has 1 aliphatic rings. The SMILES string of the molecule is CCc1ccsc1C(=O)NC1(C(N)=S)CCCCC1. The van der Waals surface area contributed by atoms with E-state index < -0.39 is 5.54 Å². The Bertz CT molecular complexity index is 476. The predicted octanol–water partition coefficient (Wildman–Crippen LogP) is 3.03. The molecule has 19 heavy (non-hydrogen) atoms. The summed E-state index contributed by atoms with van der Waals surface area (Å²) in [7, 11) is 0. The van der Waals surface area contributed by atoms with Crippen LogP contribution in [0.2, 0.25) is 0 Å². The Morgan fingerprint density at radius 1 is 1.47 bits per heavy atom. The Kier molecular flexibility index (Phi) is 4.58. The smallest absolute Gasteiger partial charge is 0.262 e. The van der Waals surface area contributed by atoms with Crippen LogP contribution in [-0.4, -0.2) is 16.4 Å². The normalized spacial score (nSPS) is 17.9. The fourth-order valence-corrected chi connectivity index (χ4v) is 3.82. The summed E-state index contributed by atoms with van der Waals surface area (Å²) < 4.78 is 0. The maximum absolute atomic E-state index is 12.4. The van der Waals surface area contributed by atoms with Crippen LogP contribution in [0.3, 0.4) is 0 Å². The van der Waals surface area contributed by atoms with Gasteiger partial charge in [-0.1, -0.05) is 38.4 Å². The third-order valence-electron chi connectivity index (χ3n) is 3.87. The van der Waals surface area contributed by atoms with E-state index in [1.807, 2.05) is 11.4 Å². The first-order valence-corrected chi connectivity index (χ1v) is 8.06. The van der Waals surface area contributed by atoms with Crippen LogP contribution in [0.15, 0.2) is 11.4 Å². The number of thiocarbonyl (C=S) groups is 1. The minimum atomic E-state index is -0.473. The standard InChI is InChI=1S/C14H20N2OS2/c1-2-10-6-9-19-11(10)12(17)16-14(13(15)18)7-4-3-5-8-14/h6,9H,2-5,7-8H2,1H3,(H2,15,18)(H,16,17). The van der Waals surface area contributed by atoms with Crippen LogP contribution >= 0.6 is 23.6 Å². The second-order valence-corrected chi connectivity index (χ2v) is 6.45. The third kappa shape index (κ3) is 2.98. The molecule has 5 heteroatoms. The number of carbonyl (C=O) groups is 1. The summed E-state index contributed by atoms with van der Waals surface area (Å²) in [5.74, 6) is -0.0263. The Hall–Kier alpha value is -0.940. The summed E-state index contributed by atoms with van der Waals surface area (Å²) >= 11 is 6.69. The minimum Gasteiger partial charge on any atom is -0.391 e. The van der Waals surface area contributed by atoms with Gasteiger partial charge in [0.05, 0.1) is 15.4 Å². The lowest BCUT2D eigenvalue weighted by atomic mass is 9.81. The zero-order chi connectivity index (χ0) is 13.9. The van der Waals surface area contributed by atoms with Gasteiger partial charge in [-0.2, -0.15) is 0 Å². The molecule has 0 unspecified atom stereocenters. The Morgan fingerprint density at radius 3 is 2.74 bits per heavy atom. The highest BCUT2D eigenvalue weighted by Crippen LogP contribution is 2.29. The van der Waals surface area contributed by atoms with Crippen LogP contribution in [0, 0.1) is 0 Å². The van der Waals surface area contributed by atoms with E-state index in [1.54, 1.807) is 0 Å². The number of aryl methyl sites for hydroxylation is 1. The first-order chi connectivity index (χ1) is 9.09. The summed E-state index contributed by atoms with van der Waals surface area (Å²) in [5, 5.41) is 5.07. The first-order valence-electron chi connectivity index (χ1n) is 6.78. The average Bonchev–Trinajstić information content (AvgIpc) is 2.88. The summed E-state index contributed by atoms with van der Waals surface area (Å²) in [6, 6.07) is 2.01. The van der Waals surface area contributed by atoms with E-state index in [-0.39, 0.29) is 5.91 Å². The molecule has 0 spiro atoms. The van der Waals surface area contributed by atoms with Gasteiger partial charge in [0.2, 0.25) is 0 Å². The molecule has 3 N–H and O–H groups in total. The van der Waals surface area contributed by atoms with E-state index in [1.165, 1.54) is 17.8 Å². The lowest BCUT2D eigenvalue weighted by Gasteiger charge is -2.37. The third-order valence-corrected chi connectivity index (χ3v) is 5.21. The topological polar surface area (TPSA) is 55.1 Å². The van der Waals surface area contributed by atoms with Gasteiger partial charge in [-0.25, -0.2) is 0 Å². The number of rotatable bonds is 4. The van der Waals surface area contributed by atoms with Crippen molar-refractivity contribution < 1.29 is 4.79 Å². The molecule has 1 fully saturated rings.